The first-order chi connectivity index (χ1) is 12.7. The fourth-order valence-electron chi connectivity index (χ4n) is 2.46. The van der Waals surface area contributed by atoms with Crippen molar-refractivity contribution in [2.45, 2.75) is 19.2 Å². The van der Waals surface area contributed by atoms with Gasteiger partial charge in [0.2, 0.25) is 0 Å². The Kier molecular flexibility index (Phi) is 8.69. The molecule has 2 aromatic carbocycles. The maximum atomic E-state index is 12.2. The van der Waals surface area contributed by atoms with Crippen molar-refractivity contribution in [3.63, 3.8) is 0 Å². The fraction of sp³-hybridized carbons (Fsp3) is 0.350. The molecule has 0 radical (unpaired) electrons. The SMILES string of the molecule is CCOc1ccccc1CNC(=NC)NCCS(=O)Cc1ccccc1. The molecule has 1 atom stereocenters. The van der Waals surface area contributed by atoms with Crippen LogP contribution in [0.15, 0.2) is 59.6 Å². The van der Waals surface area contributed by atoms with Gasteiger partial charge in [0.05, 0.1) is 6.61 Å². The molecule has 0 aliphatic rings. The van der Waals surface area contributed by atoms with Crippen LogP contribution in [0.1, 0.15) is 18.1 Å². The van der Waals surface area contributed by atoms with Crippen LogP contribution < -0.4 is 15.4 Å². The van der Waals surface area contributed by atoms with Crippen LogP contribution in [0.2, 0.25) is 0 Å². The van der Waals surface area contributed by atoms with Crippen LogP contribution in [0.3, 0.4) is 0 Å². The minimum Gasteiger partial charge on any atom is -0.494 e. The molecule has 26 heavy (non-hydrogen) atoms. The summed E-state index contributed by atoms with van der Waals surface area (Å²) in [5, 5.41) is 6.48. The molecule has 5 nitrogen and oxygen atoms in total. The van der Waals surface area contributed by atoms with Crippen LogP contribution in [0.4, 0.5) is 0 Å². The third-order valence-corrected chi connectivity index (χ3v) is 5.05. The molecule has 6 heteroatoms. The van der Waals surface area contributed by atoms with E-state index in [1.165, 1.54) is 0 Å². The minimum atomic E-state index is -0.901. The van der Waals surface area contributed by atoms with E-state index in [2.05, 4.69) is 15.6 Å². The molecule has 0 amide bonds. The number of nitrogens with zero attached hydrogens (tertiary/aromatic N) is 1. The van der Waals surface area contributed by atoms with Gasteiger partial charge in [0.25, 0.3) is 0 Å². The summed E-state index contributed by atoms with van der Waals surface area (Å²) in [6.45, 7) is 3.83. The highest BCUT2D eigenvalue weighted by Crippen LogP contribution is 2.17. The summed E-state index contributed by atoms with van der Waals surface area (Å²) < 4.78 is 17.8. The zero-order valence-corrected chi connectivity index (χ0v) is 16.2. The molecule has 0 spiro atoms. The molecule has 0 saturated heterocycles. The fourth-order valence-corrected chi connectivity index (χ4v) is 3.50. The predicted octanol–water partition coefficient (Wildman–Crippen LogP) is 2.70. The Morgan fingerprint density at radius 3 is 2.54 bits per heavy atom. The van der Waals surface area contributed by atoms with Gasteiger partial charge in [0.15, 0.2) is 5.96 Å². The van der Waals surface area contributed by atoms with Crippen molar-refractivity contribution >= 4 is 16.8 Å². The van der Waals surface area contributed by atoms with Gasteiger partial charge in [-0.15, -0.1) is 0 Å². The Labute approximate surface area is 158 Å². The van der Waals surface area contributed by atoms with Gasteiger partial charge < -0.3 is 15.4 Å². The van der Waals surface area contributed by atoms with Crippen molar-refractivity contribution < 1.29 is 8.95 Å². The van der Waals surface area contributed by atoms with E-state index in [9.17, 15) is 4.21 Å². The number of benzene rings is 2. The number of para-hydroxylation sites is 1. The molecule has 140 valence electrons. The first kappa shape index (κ1) is 20.0. The maximum Gasteiger partial charge on any atom is 0.191 e. The molecule has 0 aliphatic carbocycles. The summed E-state index contributed by atoms with van der Waals surface area (Å²) in [4.78, 5) is 4.21. The molecule has 2 rings (SSSR count). The average Bonchev–Trinajstić information content (AvgIpc) is 2.66. The van der Waals surface area contributed by atoms with Crippen LogP contribution in [-0.4, -0.2) is 36.1 Å². The maximum absolute atomic E-state index is 12.2. The molecule has 0 aliphatic heterocycles. The van der Waals surface area contributed by atoms with Crippen molar-refractivity contribution in [1.82, 2.24) is 10.6 Å². The molecule has 2 aromatic rings. The van der Waals surface area contributed by atoms with E-state index in [0.29, 0.717) is 37.2 Å². The standard InChI is InChI=1S/C20H27N3O2S/c1-3-25-19-12-8-7-11-18(19)15-23-20(21-2)22-13-14-26(24)16-17-9-5-4-6-10-17/h4-12H,3,13-16H2,1-2H3,(H2,21,22,23). The third-order valence-electron chi connectivity index (χ3n) is 3.73. The van der Waals surface area contributed by atoms with E-state index in [1.54, 1.807) is 7.05 Å². The molecule has 1 unspecified atom stereocenters. The van der Waals surface area contributed by atoms with E-state index < -0.39 is 10.8 Å². The van der Waals surface area contributed by atoms with Gasteiger partial charge in [-0.25, -0.2) is 0 Å². The van der Waals surface area contributed by atoms with Gasteiger partial charge in [-0.3, -0.25) is 9.20 Å². The van der Waals surface area contributed by atoms with Gasteiger partial charge in [-0.05, 0) is 18.6 Å². The topological polar surface area (TPSA) is 62.7 Å². The van der Waals surface area contributed by atoms with Crippen molar-refractivity contribution in [2.24, 2.45) is 4.99 Å². The van der Waals surface area contributed by atoms with Gasteiger partial charge >= 0.3 is 0 Å². The largest absolute Gasteiger partial charge is 0.494 e. The van der Waals surface area contributed by atoms with Crippen molar-refractivity contribution in [2.75, 3.05) is 26.0 Å². The second-order valence-electron chi connectivity index (χ2n) is 5.67. The minimum absolute atomic E-state index is 0.575. The molecular weight excluding hydrogens is 346 g/mol. The number of nitrogens with one attached hydrogen (secondary N) is 2. The molecule has 0 saturated carbocycles. The normalized spacial score (nSPS) is 12.5. The number of aliphatic imine (C=N–C) groups is 1. The quantitative estimate of drug-likeness (QED) is 0.524. The molecule has 0 aromatic heterocycles. The second-order valence-corrected chi connectivity index (χ2v) is 7.24. The lowest BCUT2D eigenvalue weighted by atomic mass is 10.2. The van der Waals surface area contributed by atoms with E-state index in [0.717, 1.165) is 16.9 Å². The zero-order chi connectivity index (χ0) is 18.6. The summed E-state index contributed by atoms with van der Waals surface area (Å²) in [6, 6.07) is 17.8. The van der Waals surface area contributed by atoms with Gasteiger partial charge in [-0.1, -0.05) is 48.5 Å². The number of hydrogen-bond donors (Lipinski definition) is 2. The van der Waals surface area contributed by atoms with E-state index in [1.807, 2.05) is 61.5 Å². The summed E-state index contributed by atoms with van der Waals surface area (Å²) >= 11 is 0. The lowest BCUT2D eigenvalue weighted by Crippen LogP contribution is -2.38. The summed E-state index contributed by atoms with van der Waals surface area (Å²) in [5.41, 5.74) is 2.17. The lowest BCUT2D eigenvalue weighted by molar-refractivity contribution is 0.336. The van der Waals surface area contributed by atoms with Crippen molar-refractivity contribution in [3.05, 3.63) is 65.7 Å². The molecular formula is C20H27N3O2S. The summed E-state index contributed by atoms with van der Waals surface area (Å²) in [6.07, 6.45) is 0. The Morgan fingerprint density at radius 2 is 1.81 bits per heavy atom. The Bertz CT molecular complexity index is 720. The smallest absolute Gasteiger partial charge is 0.191 e. The van der Waals surface area contributed by atoms with Crippen LogP contribution >= 0.6 is 0 Å². The highest BCUT2D eigenvalue weighted by Gasteiger charge is 2.05. The number of hydrogen-bond acceptors (Lipinski definition) is 3. The number of guanidine groups is 1. The van der Waals surface area contributed by atoms with Crippen LogP contribution in [0, 0.1) is 0 Å². The molecule has 0 fully saturated rings. The van der Waals surface area contributed by atoms with E-state index in [-0.39, 0.29) is 0 Å². The molecule has 0 heterocycles. The average molecular weight is 374 g/mol. The van der Waals surface area contributed by atoms with Crippen molar-refractivity contribution in [1.29, 1.82) is 0 Å². The van der Waals surface area contributed by atoms with Gasteiger partial charge in [-0.2, -0.15) is 0 Å². The van der Waals surface area contributed by atoms with Crippen LogP contribution in [0.5, 0.6) is 5.75 Å². The number of rotatable bonds is 9. The van der Waals surface area contributed by atoms with Gasteiger partial charge in [0, 0.05) is 48.0 Å². The first-order valence-electron chi connectivity index (χ1n) is 8.77. The Hall–Kier alpha value is -2.34. The van der Waals surface area contributed by atoms with E-state index in [4.69, 9.17) is 4.74 Å². The monoisotopic (exact) mass is 373 g/mol. The molecule has 2 N–H and O–H groups in total. The molecule has 0 bridgehead atoms. The Balaban J connectivity index is 1.75. The first-order valence-corrected chi connectivity index (χ1v) is 10.3. The Morgan fingerprint density at radius 1 is 1.08 bits per heavy atom. The van der Waals surface area contributed by atoms with Crippen LogP contribution in [0.25, 0.3) is 0 Å². The van der Waals surface area contributed by atoms with E-state index >= 15 is 0 Å². The summed E-state index contributed by atoms with van der Waals surface area (Å²) in [5.74, 6) is 2.72. The highest BCUT2D eigenvalue weighted by molar-refractivity contribution is 7.84. The van der Waals surface area contributed by atoms with Crippen molar-refractivity contribution in [3.8, 4) is 5.75 Å². The summed E-state index contributed by atoms with van der Waals surface area (Å²) in [7, 11) is 0.826. The third kappa shape index (κ3) is 6.88. The zero-order valence-electron chi connectivity index (χ0n) is 15.4. The highest BCUT2D eigenvalue weighted by atomic mass is 32.2. The lowest BCUT2D eigenvalue weighted by Gasteiger charge is -2.14. The van der Waals surface area contributed by atoms with Crippen LogP contribution in [-0.2, 0) is 23.1 Å². The second kappa shape index (κ2) is 11.3. The number of ether oxygens (including phenoxy) is 1. The predicted molar refractivity (Wildman–Crippen MR) is 109 cm³/mol. The van der Waals surface area contributed by atoms with Gasteiger partial charge in [0.1, 0.15) is 5.75 Å².